The normalized spacial score (nSPS) is 11.6. The van der Waals surface area contributed by atoms with Crippen LogP contribution in [-0.2, 0) is 22.4 Å². The van der Waals surface area contributed by atoms with Crippen molar-refractivity contribution in [2.75, 3.05) is 0 Å². The molecule has 5 rings (SSSR count). The van der Waals surface area contributed by atoms with E-state index in [0.29, 0.717) is 0 Å². The molecule has 3 aromatic carbocycles. The molecule has 154 valence electrons. The zero-order valence-electron chi connectivity index (χ0n) is 16.5. The first-order valence-electron chi connectivity index (χ1n) is 9.87. The van der Waals surface area contributed by atoms with Gasteiger partial charge in [-0.25, -0.2) is 5.69 Å². The Morgan fingerprint density at radius 2 is 1.52 bits per heavy atom. The fraction of sp³-hybridized carbons (Fsp3) is 0.0370. The molecule has 1 unspecified atom stereocenters. The van der Waals surface area contributed by atoms with E-state index in [-0.39, 0.29) is 34.0 Å². The first kappa shape index (κ1) is 21.0. The molecule has 2 heterocycles. The van der Waals surface area contributed by atoms with Gasteiger partial charge in [-0.15, -0.1) is 47.3 Å². The molecule has 0 radical (unpaired) electrons. The van der Waals surface area contributed by atoms with Crippen LogP contribution in [0.25, 0.3) is 22.5 Å². The minimum Gasteiger partial charge on any atom is -0.708 e. The predicted octanol–water partition coefficient (Wildman–Crippen LogP) is 5.62. The maximum Gasteiger partial charge on any atom is 3.00 e. The van der Waals surface area contributed by atoms with Gasteiger partial charge in [-0.3, -0.25) is 0 Å². The zero-order valence-corrected chi connectivity index (χ0v) is 18.7. The SMILES string of the molecule is Oc1ccccc1-c1ccc(C(c2[c-]c(-c3ccc[n-]3)ccc2)c2ccccc2)[n-]1.[Au+3]. The van der Waals surface area contributed by atoms with Gasteiger partial charge in [-0.2, -0.15) is 11.8 Å². The molecule has 0 saturated heterocycles. The van der Waals surface area contributed by atoms with Crippen LogP contribution in [-0.4, -0.2) is 5.11 Å². The second kappa shape index (κ2) is 9.27. The van der Waals surface area contributed by atoms with Gasteiger partial charge in [0.25, 0.3) is 0 Å². The van der Waals surface area contributed by atoms with Crippen LogP contribution in [0, 0.1) is 6.07 Å². The van der Waals surface area contributed by atoms with Crippen molar-refractivity contribution >= 4 is 0 Å². The molecule has 2 aromatic heterocycles. The van der Waals surface area contributed by atoms with Crippen molar-refractivity contribution in [3.63, 3.8) is 0 Å². The summed E-state index contributed by atoms with van der Waals surface area (Å²) < 4.78 is 0. The Balaban J connectivity index is 0.00000231. The van der Waals surface area contributed by atoms with E-state index in [9.17, 15) is 5.11 Å². The smallest absolute Gasteiger partial charge is 0.708 e. The molecule has 4 heteroatoms. The molecule has 0 fully saturated rings. The van der Waals surface area contributed by atoms with Crippen molar-refractivity contribution in [1.29, 1.82) is 0 Å². The van der Waals surface area contributed by atoms with Crippen molar-refractivity contribution in [2.45, 2.75) is 5.92 Å². The number of benzene rings is 3. The van der Waals surface area contributed by atoms with E-state index in [1.165, 1.54) is 0 Å². The number of phenols is 1. The van der Waals surface area contributed by atoms with Gasteiger partial charge in [-0.05, 0) is 17.5 Å². The van der Waals surface area contributed by atoms with Gasteiger partial charge in [0.15, 0.2) is 0 Å². The van der Waals surface area contributed by atoms with Crippen LogP contribution in [0.5, 0.6) is 5.75 Å². The predicted molar refractivity (Wildman–Crippen MR) is 118 cm³/mol. The Morgan fingerprint density at radius 1 is 0.710 bits per heavy atom. The third-order valence-corrected chi connectivity index (χ3v) is 5.23. The number of aromatic nitrogens is 2. The van der Waals surface area contributed by atoms with Crippen LogP contribution in [0.2, 0.25) is 0 Å². The Morgan fingerprint density at radius 3 is 2.29 bits per heavy atom. The van der Waals surface area contributed by atoms with E-state index in [4.69, 9.17) is 4.98 Å². The Labute approximate surface area is 197 Å². The topological polar surface area (TPSA) is 48.4 Å². The molecule has 1 atom stereocenters. The van der Waals surface area contributed by atoms with Crippen molar-refractivity contribution in [1.82, 2.24) is 9.97 Å². The van der Waals surface area contributed by atoms with Crippen LogP contribution in [0.4, 0.5) is 0 Å². The number of hydrogen-bond acceptors (Lipinski definition) is 1. The average molecular weight is 584 g/mol. The van der Waals surface area contributed by atoms with Crippen LogP contribution in [0.15, 0.2) is 103 Å². The molecule has 0 spiro atoms. The van der Waals surface area contributed by atoms with Crippen LogP contribution < -0.4 is 9.97 Å². The van der Waals surface area contributed by atoms with Gasteiger partial charge < -0.3 is 15.1 Å². The summed E-state index contributed by atoms with van der Waals surface area (Å²) in [6.07, 6.45) is 1.79. The molecule has 3 nitrogen and oxygen atoms in total. The maximum absolute atomic E-state index is 10.2. The summed E-state index contributed by atoms with van der Waals surface area (Å²) in [7, 11) is 0. The molecule has 5 aromatic rings. The van der Waals surface area contributed by atoms with Gasteiger partial charge in [0.2, 0.25) is 0 Å². The summed E-state index contributed by atoms with van der Waals surface area (Å²) in [6, 6.07) is 35.2. The Hall–Kier alpha value is -3.24. The van der Waals surface area contributed by atoms with Gasteiger partial charge in [0, 0.05) is 5.56 Å². The summed E-state index contributed by atoms with van der Waals surface area (Å²) in [6.45, 7) is 0. The fourth-order valence-corrected chi connectivity index (χ4v) is 3.80. The van der Waals surface area contributed by atoms with E-state index < -0.39 is 0 Å². The third-order valence-electron chi connectivity index (χ3n) is 5.23. The molecule has 0 aliphatic heterocycles. The molecular formula is C27H19AuN2O. The van der Waals surface area contributed by atoms with Crippen LogP contribution >= 0.6 is 0 Å². The molecule has 0 aliphatic carbocycles. The average Bonchev–Trinajstić information content (AvgIpc) is 3.48. The number of para-hydroxylation sites is 1. The monoisotopic (exact) mass is 584 g/mol. The first-order valence-corrected chi connectivity index (χ1v) is 9.87. The maximum atomic E-state index is 10.2. The summed E-state index contributed by atoms with van der Waals surface area (Å²) in [4.78, 5) is 9.30. The number of phenolic OH excluding ortho intramolecular Hbond substituents is 1. The summed E-state index contributed by atoms with van der Waals surface area (Å²) in [5.74, 6) is 0.162. The Kier molecular flexibility index (Phi) is 6.28. The Bertz CT molecular complexity index is 1260. The number of aromatic hydroxyl groups is 1. The summed E-state index contributed by atoms with van der Waals surface area (Å²) >= 11 is 0. The molecule has 31 heavy (non-hydrogen) atoms. The van der Waals surface area contributed by atoms with Gasteiger partial charge in [-0.1, -0.05) is 66.7 Å². The first-order chi connectivity index (χ1) is 14.8. The van der Waals surface area contributed by atoms with Crippen molar-refractivity contribution < 1.29 is 27.5 Å². The van der Waals surface area contributed by atoms with E-state index in [1.54, 1.807) is 12.3 Å². The quantitative estimate of drug-likeness (QED) is 0.216. The number of rotatable bonds is 5. The molecule has 0 bridgehead atoms. The van der Waals surface area contributed by atoms with E-state index in [0.717, 1.165) is 39.3 Å². The van der Waals surface area contributed by atoms with Crippen LogP contribution in [0.3, 0.4) is 0 Å². The summed E-state index contributed by atoms with van der Waals surface area (Å²) in [5, 5.41) is 10.2. The number of hydrogen-bond donors (Lipinski definition) is 1. The minimum absolute atomic E-state index is 0. The van der Waals surface area contributed by atoms with Crippen molar-refractivity contribution in [3.05, 3.63) is 126 Å². The molecular weight excluding hydrogens is 565 g/mol. The zero-order chi connectivity index (χ0) is 20.3. The van der Waals surface area contributed by atoms with E-state index in [1.807, 2.05) is 72.8 Å². The molecule has 1 N–H and O–H groups in total. The third kappa shape index (κ3) is 4.30. The summed E-state index contributed by atoms with van der Waals surface area (Å²) in [5.41, 5.74) is 6.46. The van der Waals surface area contributed by atoms with Gasteiger partial charge >= 0.3 is 22.4 Å². The largest absolute Gasteiger partial charge is 3.00 e. The second-order valence-electron chi connectivity index (χ2n) is 7.16. The molecule has 0 amide bonds. The van der Waals surface area contributed by atoms with Gasteiger partial charge in [0.1, 0.15) is 5.75 Å². The second-order valence-corrected chi connectivity index (χ2v) is 7.16. The van der Waals surface area contributed by atoms with Crippen molar-refractivity contribution in [2.24, 2.45) is 0 Å². The van der Waals surface area contributed by atoms with E-state index >= 15 is 0 Å². The standard InChI is InChI=1S/C27H19N2O.Au/c30-26-14-5-4-12-22(26)24-15-16-25(29-24)27(19-8-2-1-3-9-19)21-11-6-10-20(18-21)23-13-7-17-28-23;/h1-17,27,30H;/q-3;+3. The minimum atomic E-state index is -0.0688. The van der Waals surface area contributed by atoms with Gasteiger partial charge in [0.05, 0.1) is 0 Å². The molecule has 0 aliphatic rings. The fourth-order valence-electron chi connectivity index (χ4n) is 3.80. The number of nitrogens with zero attached hydrogens (tertiary/aromatic N) is 2. The van der Waals surface area contributed by atoms with Crippen molar-refractivity contribution in [3.8, 4) is 28.3 Å². The molecule has 0 saturated carbocycles. The van der Waals surface area contributed by atoms with Crippen LogP contribution in [0.1, 0.15) is 22.7 Å². The van der Waals surface area contributed by atoms with E-state index in [2.05, 4.69) is 29.2 Å².